The number of H-pyrrole nitrogens is 1. The van der Waals surface area contributed by atoms with Crippen molar-refractivity contribution in [1.82, 2.24) is 9.97 Å². The minimum atomic E-state index is -0.285. The molecule has 3 aromatic rings. The summed E-state index contributed by atoms with van der Waals surface area (Å²) in [5.74, 6) is 0.347. The van der Waals surface area contributed by atoms with Gasteiger partial charge in [-0.15, -0.1) is 0 Å². The predicted molar refractivity (Wildman–Crippen MR) is 66.2 cm³/mol. The second-order valence-electron chi connectivity index (χ2n) is 3.91. The summed E-state index contributed by atoms with van der Waals surface area (Å²) in [7, 11) is 0. The molecule has 0 aliphatic heterocycles. The van der Waals surface area contributed by atoms with E-state index in [0.717, 1.165) is 11.1 Å². The van der Waals surface area contributed by atoms with E-state index in [9.17, 15) is 4.39 Å². The smallest absolute Gasteiger partial charge is 0.138 e. The Morgan fingerprint density at radius 1 is 1.11 bits per heavy atom. The number of hydrogen-bond acceptors (Lipinski definition) is 2. The topological polar surface area (TPSA) is 52.5 Å². The second kappa shape index (κ2) is 3.97. The highest BCUT2D eigenvalue weighted by Crippen LogP contribution is 2.22. The van der Waals surface area contributed by atoms with E-state index in [-0.39, 0.29) is 5.82 Å². The Morgan fingerprint density at radius 3 is 2.61 bits per heavy atom. The monoisotopic (exact) mass is 237 g/mol. The van der Waals surface area contributed by atoms with Gasteiger partial charge in [-0.2, -0.15) is 5.26 Å². The molecule has 4 heteroatoms. The van der Waals surface area contributed by atoms with Gasteiger partial charge in [0.2, 0.25) is 0 Å². The van der Waals surface area contributed by atoms with Crippen molar-refractivity contribution in [2.75, 3.05) is 0 Å². The lowest BCUT2D eigenvalue weighted by Gasteiger charge is -1.94. The van der Waals surface area contributed by atoms with Crippen LogP contribution in [0.1, 0.15) is 5.56 Å². The number of hydrogen-bond donors (Lipinski definition) is 1. The van der Waals surface area contributed by atoms with Crippen LogP contribution in [0, 0.1) is 17.1 Å². The molecule has 1 heterocycles. The van der Waals surface area contributed by atoms with Crippen LogP contribution in [0.3, 0.4) is 0 Å². The van der Waals surface area contributed by atoms with Crippen molar-refractivity contribution < 1.29 is 4.39 Å². The fourth-order valence-corrected chi connectivity index (χ4v) is 1.87. The quantitative estimate of drug-likeness (QED) is 0.706. The van der Waals surface area contributed by atoms with Crippen LogP contribution in [0.25, 0.3) is 22.4 Å². The number of nitriles is 1. The van der Waals surface area contributed by atoms with Crippen LogP contribution in [0.5, 0.6) is 0 Å². The number of nitrogens with one attached hydrogen (secondary N) is 1. The van der Waals surface area contributed by atoms with E-state index in [1.54, 1.807) is 24.3 Å². The molecule has 0 fully saturated rings. The molecule has 0 radical (unpaired) electrons. The maximum absolute atomic E-state index is 12.9. The van der Waals surface area contributed by atoms with Gasteiger partial charge in [-0.05, 0) is 36.4 Å². The van der Waals surface area contributed by atoms with Gasteiger partial charge in [0, 0.05) is 5.56 Å². The highest BCUT2D eigenvalue weighted by molar-refractivity contribution is 5.84. The zero-order valence-electron chi connectivity index (χ0n) is 9.31. The summed E-state index contributed by atoms with van der Waals surface area (Å²) in [5.41, 5.74) is 2.75. The van der Waals surface area contributed by atoms with E-state index < -0.39 is 0 Å². The predicted octanol–water partition coefficient (Wildman–Crippen LogP) is 3.24. The average Bonchev–Trinajstić information content (AvgIpc) is 2.83. The Balaban J connectivity index is 2.20. The Morgan fingerprint density at radius 2 is 1.89 bits per heavy atom. The Bertz CT molecular complexity index is 751. The Hall–Kier alpha value is -2.67. The van der Waals surface area contributed by atoms with Crippen molar-refractivity contribution in [3.05, 3.63) is 53.8 Å². The number of fused-ring (bicyclic) bond motifs is 1. The zero-order valence-corrected chi connectivity index (χ0v) is 9.31. The number of imidazole rings is 1. The Labute approximate surface area is 103 Å². The molecule has 0 atom stereocenters. The maximum atomic E-state index is 12.9. The molecule has 1 N–H and O–H groups in total. The van der Waals surface area contributed by atoms with Crippen molar-refractivity contribution in [1.29, 1.82) is 5.26 Å². The van der Waals surface area contributed by atoms with Crippen LogP contribution in [0.15, 0.2) is 42.5 Å². The van der Waals surface area contributed by atoms with Gasteiger partial charge in [-0.1, -0.05) is 6.07 Å². The highest BCUT2D eigenvalue weighted by atomic mass is 19.1. The first-order valence-electron chi connectivity index (χ1n) is 5.43. The van der Waals surface area contributed by atoms with Crippen molar-refractivity contribution >= 4 is 11.0 Å². The van der Waals surface area contributed by atoms with Gasteiger partial charge in [-0.25, -0.2) is 9.37 Å². The van der Waals surface area contributed by atoms with E-state index in [1.807, 2.05) is 6.07 Å². The zero-order chi connectivity index (χ0) is 12.5. The van der Waals surface area contributed by atoms with Gasteiger partial charge in [0.1, 0.15) is 23.2 Å². The standard InChI is InChI=1S/C14H8FN3/c15-11-6-4-9(5-7-11)14-17-12-3-1-2-10(8-16)13(12)18-14/h1-7H,(H,17,18). The number of rotatable bonds is 1. The van der Waals surface area contributed by atoms with Crippen molar-refractivity contribution in [3.8, 4) is 17.5 Å². The first-order chi connectivity index (χ1) is 8.78. The first-order valence-corrected chi connectivity index (χ1v) is 5.43. The number of aromatic amines is 1. The third-order valence-corrected chi connectivity index (χ3v) is 2.75. The molecule has 1 aromatic heterocycles. The van der Waals surface area contributed by atoms with Crippen molar-refractivity contribution in [2.24, 2.45) is 0 Å². The van der Waals surface area contributed by atoms with Crippen molar-refractivity contribution in [3.63, 3.8) is 0 Å². The molecular formula is C14H8FN3. The van der Waals surface area contributed by atoms with Gasteiger partial charge in [-0.3, -0.25) is 0 Å². The number of para-hydroxylation sites is 1. The number of halogens is 1. The fraction of sp³-hybridized carbons (Fsp3) is 0. The van der Waals surface area contributed by atoms with Crippen LogP contribution in [-0.4, -0.2) is 9.97 Å². The third kappa shape index (κ3) is 1.62. The van der Waals surface area contributed by atoms with E-state index in [0.29, 0.717) is 16.9 Å². The van der Waals surface area contributed by atoms with E-state index in [4.69, 9.17) is 5.26 Å². The lowest BCUT2D eigenvalue weighted by Crippen LogP contribution is -1.81. The number of aromatic nitrogens is 2. The SMILES string of the molecule is N#Cc1cccc2[nH]c(-c3ccc(F)cc3)nc12. The average molecular weight is 237 g/mol. The van der Waals surface area contributed by atoms with Gasteiger partial charge in [0.05, 0.1) is 11.1 Å². The molecule has 0 bridgehead atoms. The fourth-order valence-electron chi connectivity index (χ4n) is 1.87. The molecule has 0 amide bonds. The molecule has 2 aromatic carbocycles. The molecule has 0 saturated carbocycles. The molecule has 0 saturated heterocycles. The van der Waals surface area contributed by atoms with Gasteiger partial charge in [0.25, 0.3) is 0 Å². The molecule has 86 valence electrons. The number of benzene rings is 2. The highest BCUT2D eigenvalue weighted by Gasteiger charge is 2.08. The molecule has 18 heavy (non-hydrogen) atoms. The lowest BCUT2D eigenvalue weighted by molar-refractivity contribution is 0.628. The Kier molecular flexibility index (Phi) is 2.31. The van der Waals surface area contributed by atoms with Gasteiger partial charge < -0.3 is 4.98 Å². The molecule has 0 aliphatic rings. The van der Waals surface area contributed by atoms with Crippen LogP contribution in [0.2, 0.25) is 0 Å². The van der Waals surface area contributed by atoms with Crippen LogP contribution >= 0.6 is 0 Å². The normalized spacial score (nSPS) is 10.4. The van der Waals surface area contributed by atoms with Gasteiger partial charge in [0.15, 0.2) is 0 Å². The van der Waals surface area contributed by atoms with Gasteiger partial charge >= 0.3 is 0 Å². The molecule has 3 rings (SSSR count). The van der Waals surface area contributed by atoms with Crippen molar-refractivity contribution in [2.45, 2.75) is 0 Å². The summed E-state index contributed by atoms with van der Waals surface area (Å²) in [6, 6.07) is 13.5. The first kappa shape index (κ1) is 10.5. The minimum Gasteiger partial charge on any atom is -0.338 e. The summed E-state index contributed by atoms with van der Waals surface area (Å²) < 4.78 is 12.9. The summed E-state index contributed by atoms with van der Waals surface area (Å²) in [6.45, 7) is 0. The number of nitrogens with zero attached hydrogens (tertiary/aromatic N) is 2. The van der Waals surface area contributed by atoms with E-state index >= 15 is 0 Å². The van der Waals surface area contributed by atoms with Crippen LogP contribution in [0.4, 0.5) is 4.39 Å². The van der Waals surface area contributed by atoms with E-state index in [2.05, 4.69) is 16.0 Å². The molecular weight excluding hydrogens is 229 g/mol. The molecule has 0 unspecified atom stereocenters. The van der Waals surface area contributed by atoms with Crippen LogP contribution < -0.4 is 0 Å². The second-order valence-corrected chi connectivity index (χ2v) is 3.91. The minimum absolute atomic E-state index is 0.285. The lowest BCUT2D eigenvalue weighted by atomic mass is 10.2. The maximum Gasteiger partial charge on any atom is 0.138 e. The largest absolute Gasteiger partial charge is 0.338 e. The third-order valence-electron chi connectivity index (χ3n) is 2.75. The van der Waals surface area contributed by atoms with Crippen LogP contribution in [-0.2, 0) is 0 Å². The molecule has 3 nitrogen and oxygen atoms in total. The molecule has 0 spiro atoms. The van der Waals surface area contributed by atoms with E-state index in [1.165, 1.54) is 12.1 Å². The summed E-state index contributed by atoms with van der Waals surface area (Å²) in [4.78, 5) is 7.50. The summed E-state index contributed by atoms with van der Waals surface area (Å²) in [5, 5.41) is 9.00. The summed E-state index contributed by atoms with van der Waals surface area (Å²) in [6.07, 6.45) is 0. The molecule has 0 aliphatic carbocycles. The summed E-state index contributed by atoms with van der Waals surface area (Å²) >= 11 is 0.